The van der Waals surface area contributed by atoms with Gasteiger partial charge in [0.15, 0.2) is 0 Å². The van der Waals surface area contributed by atoms with Gasteiger partial charge in [0.1, 0.15) is 5.75 Å². The molecule has 0 fully saturated rings. The number of aryl methyl sites for hydroxylation is 2. The molecule has 5 nitrogen and oxygen atoms in total. The van der Waals surface area contributed by atoms with Crippen LogP contribution in [-0.2, 0) is 16.1 Å². The summed E-state index contributed by atoms with van der Waals surface area (Å²) in [7, 11) is 1.52. The zero-order valence-electron chi connectivity index (χ0n) is 16.1. The molecule has 0 aliphatic heterocycles. The first kappa shape index (κ1) is 20.8. The predicted molar refractivity (Wildman–Crippen MR) is 108 cm³/mol. The van der Waals surface area contributed by atoms with Gasteiger partial charge < -0.3 is 15.0 Å². The quantitative estimate of drug-likeness (QED) is 0.767. The molecular weight excluding hydrogens is 364 g/mol. The Hall–Kier alpha value is -2.53. The fourth-order valence-corrected chi connectivity index (χ4v) is 2.79. The van der Waals surface area contributed by atoms with Crippen molar-refractivity contribution < 1.29 is 14.3 Å². The van der Waals surface area contributed by atoms with Crippen LogP contribution in [0.15, 0.2) is 36.4 Å². The monoisotopic (exact) mass is 388 g/mol. The van der Waals surface area contributed by atoms with E-state index in [1.54, 1.807) is 17.0 Å². The van der Waals surface area contributed by atoms with Crippen LogP contribution in [0.25, 0.3) is 0 Å². The Morgan fingerprint density at radius 3 is 2.41 bits per heavy atom. The maximum absolute atomic E-state index is 12.4. The van der Waals surface area contributed by atoms with Crippen molar-refractivity contribution in [2.24, 2.45) is 0 Å². The van der Waals surface area contributed by atoms with Gasteiger partial charge in [-0.2, -0.15) is 0 Å². The highest BCUT2D eigenvalue weighted by Gasteiger charge is 2.14. The minimum Gasteiger partial charge on any atom is -0.495 e. The molecule has 144 valence electrons. The molecule has 0 bridgehead atoms. The van der Waals surface area contributed by atoms with Crippen molar-refractivity contribution in [2.75, 3.05) is 19.0 Å². The minimum atomic E-state index is -0.190. The maximum atomic E-state index is 12.4. The van der Waals surface area contributed by atoms with Gasteiger partial charge in [-0.1, -0.05) is 41.4 Å². The number of ether oxygens (including phenoxy) is 1. The van der Waals surface area contributed by atoms with Gasteiger partial charge in [-0.3, -0.25) is 9.59 Å². The lowest BCUT2D eigenvalue weighted by atomic mass is 10.1. The number of carbonyl (C=O) groups excluding carboxylic acids is 2. The van der Waals surface area contributed by atoms with Crippen LogP contribution in [-0.4, -0.2) is 30.4 Å². The van der Waals surface area contributed by atoms with E-state index in [1.807, 2.05) is 38.1 Å². The molecule has 1 N–H and O–H groups in total. The highest BCUT2D eigenvalue weighted by Crippen LogP contribution is 2.31. The molecule has 2 rings (SSSR count). The number of hydrogen-bond acceptors (Lipinski definition) is 3. The lowest BCUT2D eigenvalue weighted by molar-refractivity contribution is -0.129. The van der Waals surface area contributed by atoms with E-state index in [4.69, 9.17) is 16.3 Å². The van der Waals surface area contributed by atoms with E-state index in [2.05, 4.69) is 5.32 Å². The Morgan fingerprint density at radius 1 is 1.15 bits per heavy atom. The second-order valence-corrected chi connectivity index (χ2v) is 6.93. The lowest BCUT2D eigenvalue weighted by Crippen LogP contribution is -2.31. The van der Waals surface area contributed by atoms with Gasteiger partial charge in [0.25, 0.3) is 0 Å². The number of carbonyl (C=O) groups is 2. The van der Waals surface area contributed by atoms with Crippen LogP contribution in [0.3, 0.4) is 0 Å². The van der Waals surface area contributed by atoms with Crippen LogP contribution in [0.5, 0.6) is 5.75 Å². The average molecular weight is 389 g/mol. The van der Waals surface area contributed by atoms with Crippen molar-refractivity contribution in [1.82, 2.24) is 4.90 Å². The molecule has 2 amide bonds. The molecule has 0 heterocycles. The molecule has 0 unspecified atom stereocenters. The van der Waals surface area contributed by atoms with Crippen LogP contribution in [0.2, 0.25) is 5.02 Å². The number of amides is 2. The van der Waals surface area contributed by atoms with E-state index in [1.165, 1.54) is 19.6 Å². The first-order valence-corrected chi connectivity index (χ1v) is 9.13. The summed E-state index contributed by atoms with van der Waals surface area (Å²) < 4.78 is 5.27. The SMILES string of the molecule is COc1cc(Cl)c(C)cc1NC(=O)CCN(Cc1ccc(C)cc1)C(C)=O. The molecule has 0 aliphatic rings. The van der Waals surface area contributed by atoms with Gasteiger partial charge in [0.05, 0.1) is 12.8 Å². The molecule has 2 aromatic rings. The maximum Gasteiger partial charge on any atom is 0.226 e. The van der Waals surface area contributed by atoms with Crippen LogP contribution < -0.4 is 10.1 Å². The van der Waals surface area contributed by atoms with Gasteiger partial charge in [-0.25, -0.2) is 0 Å². The third kappa shape index (κ3) is 6.00. The van der Waals surface area contributed by atoms with Crippen molar-refractivity contribution in [2.45, 2.75) is 33.7 Å². The summed E-state index contributed by atoms with van der Waals surface area (Å²) in [5.41, 5.74) is 3.61. The zero-order valence-corrected chi connectivity index (χ0v) is 16.9. The number of anilines is 1. The topological polar surface area (TPSA) is 58.6 Å². The standard InChI is InChI=1S/C21H25ClN2O3/c1-14-5-7-17(8-6-14)13-24(16(3)25)10-9-21(26)23-19-11-15(2)18(22)12-20(19)27-4/h5-8,11-12H,9-10,13H2,1-4H3,(H,23,26). The molecule has 27 heavy (non-hydrogen) atoms. The predicted octanol–water partition coefficient (Wildman–Crippen LogP) is 4.34. The van der Waals surface area contributed by atoms with Crippen molar-refractivity contribution in [1.29, 1.82) is 0 Å². The number of nitrogens with zero attached hydrogens (tertiary/aromatic N) is 1. The molecule has 0 saturated heterocycles. The Labute approximate surface area is 165 Å². The number of methoxy groups -OCH3 is 1. The molecular formula is C21H25ClN2O3. The molecule has 6 heteroatoms. The normalized spacial score (nSPS) is 10.4. The summed E-state index contributed by atoms with van der Waals surface area (Å²) in [6, 6.07) is 11.4. The van der Waals surface area contributed by atoms with Gasteiger partial charge in [0.2, 0.25) is 11.8 Å². The number of nitrogens with one attached hydrogen (secondary N) is 1. The first-order chi connectivity index (χ1) is 12.8. The van der Waals surface area contributed by atoms with Crippen molar-refractivity contribution in [3.05, 3.63) is 58.1 Å². The molecule has 0 saturated carbocycles. The Bertz CT molecular complexity index is 819. The molecule has 2 aromatic carbocycles. The van der Waals surface area contributed by atoms with E-state index >= 15 is 0 Å². The number of hydrogen-bond donors (Lipinski definition) is 1. The fourth-order valence-electron chi connectivity index (χ4n) is 2.64. The third-order valence-corrected chi connectivity index (χ3v) is 4.71. The van der Waals surface area contributed by atoms with Gasteiger partial charge >= 0.3 is 0 Å². The van der Waals surface area contributed by atoms with E-state index in [0.29, 0.717) is 29.5 Å². The molecule has 0 aliphatic carbocycles. The molecule has 0 aromatic heterocycles. The second-order valence-electron chi connectivity index (χ2n) is 6.53. The van der Waals surface area contributed by atoms with E-state index in [9.17, 15) is 9.59 Å². The summed E-state index contributed by atoms with van der Waals surface area (Å²) in [6.45, 7) is 6.20. The molecule has 0 spiro atoms. The van der Waals surface area contributed by atoms with Crippen molar-refractivity contribution in [3.8, 4) is 5.75 Å². The van der Waals surface area contributed by atoms with Crippen LogP contribution in [0.4, 0.5) is 5.69 Å². The van der Waals surface area contributed by atoms with Crippen LogP contribution in [0.1, 0.15) is 30.0 Å². The largest absolute Gasteiger partial charge is 0.495 e. The minimum absolute atomic E-state index is 0.0664. The highest BCUT2D eigenvalue weighted by molar-refractivity contribution is 6.31. The van der Waals surface area contributed by atoms with E-state index in [0.717, 1.165) is 11.1 Å². The fraction of sp³-hybridized carbons (Fsp3) is 0.333. The summed E-state index contributed by atoms with van der Waals surface area (Å²) in [4.78, 5) is 26.0. The number of benzene rings is 2. The lowest BCUT2D eigenvalue weighted by Gasteiger charge is -2.21. The van der Waals surface area contributed by atoms with Gasteiger partial charge in [0, 0.05) is 37.5 Å². The van der Waals surface area contributed by atoms with E-state index in [-0.39, 0.29) is 18.2 Å². The Balaban J connectivity index is 1.99. The summed E-state index contributed by atoms with van der Waals surface area (Å²) >= 11 is 6.09. The summed E-state index contributed by atoms with van der Waals surface area (Å²) in [6.07, 6.45) is 0.191. The van der Waals surface area contributed by atoms with Crippen molar-refractivity contribution in [3.63, 3.8) is 0 Å². The number of halogens is 1. The summed E-state index contributed by atoms with van der Waals surface area (Å²) in [5, 5.41) is 3.41. The number of rotatable bonds is 7. The van der Waals surface area contributed by atoms with Gasteiger partial charge in [-0.15, -0.1) is 0 Å². The smallest absolute Gasteiger partial charge is 0.226 e. The van der Waals surface area contributed by atoms with Crippen molar-refractivity contribution >= 4 is 29.1 Å². The Morgan fingerprint density at radius 2 is 1.81 bits per heavy atom. The van der Waals surface area contributed by atoms with E-state index < -0.39 is 0 Å². The average Bonchev–Trinajstić information content (AvgIpc) is 2.62. The van der Waals surface area contributed by atoms with Crippen LogP contribution >= 0.6 is 11.6 Å². The summed E-state index contributed by atoms with van der Waals surface area (Å²) in [5.74, 6) is 0.246. The second kappa shape index (κ2) is 9.42. The first-order valence-electron chi connectivity index (χ1n) is 8.75. The Kier molecular flexibility index (Phi) is 7.25. The van der Waals surface area contributed by atoms with Gasteiger partial charge in [-0.05, 0) is 31.0 Å². The molecule has 0 radical (unpaired) electrons. The zero-order chi connectivity index (χ0) is 20.0. The third-order valence-electron chi connectivity index (χ3n) is 4.30. The molecule has 0 atom stereocenters. The van der Waals surface area contributed by atoms with Crippen LogP contribution in [0, 0.1) is 13.8 Å². The highest BCUT2D eigenvalue weighted by atomic mass is 35.5.